The number of carboxylic acids is 2. The van der Waals surface area contributed by atoms with Gasteiger partial charge < -0.3 is 20.4 Å². The van der Waals surface area contributed by atoms with Gasteiger partial charge in [-0.15, -0.1) is 0 Å². The molecule has 19 heavy (non-hydrogen) atoms. The monoisotopic (exact) mass is 270 g/mol. The van der Waals surface area contributed by atoms with Gasteiger partial charge in [0.05, 0.1) is 11.1 Å². The summed E-state index contributed by atoms with van der Waals surface area (Å²) in [6.07, 6.45) is -1.20. The standard InChI is InChI=1S/C8H6O4.C5H12O2/c9-7(10)5-2-1-3-6(4-5)8(11)12;1-5(2,3)4(6)7/h1-4H,(H,9,10)(H,11,12);4,6-7H,1-3H3. The normalized spacial score (nSPS) is 10.6. The third-order valence-electron chi connectivity index (χ3n) is 2.13. The molecule has 106 valence electrons. The molecule has 0 aromatic heterocycles. The van der Waals surface area contributed by atoms with Crippen LogP contribution in [0.15, 0.2) is 24.3 Å². The minimum atomic E-state index is -1.20. The van der Waals surface area contributed by atoms with Crippen molar-refractivity contribution in [1.82, 2.24) is 0 Å². The fraction of sp³-hybridized carbons (Fsp3) is 0.385. The van der Waals surface area contributed by atoms with Crippen molar-refractivity contribution in [3.05, 3.63) is 35.4 Å². The zero-order valence-electron chi connectivity index (χ0n) is 11.0. The molecule has 0 aliphatic rings. The highest BCUT2D eigenvalue weighted by Crippen LogP contribution is 2.15. The first-order valence-corrected chi connectivity index (χ1v) is 5.48. The van der Waals surface area contributed by atoms with Gasteiger partial charge >= 0.3 is 11.9 Å². The molecular formula is C13H18O6. The number of hydrogen-bond acceptors (Lipinski definition) is 4. The van der Waals surface area contributed by atoms with Crippen LogP contribution in [-0.4, -0.2) is 38.7 Å². The molecule has 0 saturated heterocycles. The van der Waals surface area contributed by atoms with Crippen LogP contribution in [0.4, 0.5) is 0 Å². The van der Waals surface area contributed by atoms with E-state index in [1.54, 1.807) is 20.8 Å². The first kappa shape index (κ1) is 17.1. The van der Waals surface area contributed by atoms with Crippen molar-refractivity contribution in [2.24, 2.45) is 5.41 Å². The molecule has 6 nitrogen and oxygen atoms in total. The molecule has 1 aromatic carbocycles. The van der Waals surface area contributed by atoms with Crippen molar-refractivity contribution in [2.45, 2.75) is 27.1 Å². The molecule has 0 radical (unpaired) electrons. The predicted octanol–water partition coefficient (Wildman–Crippen LogP) is 1.43. The molecule has 0 spiro atoms. The van der Waals surface area contributed by atoms with E-state index in [0.717, 1.165) is 6.07 Å². The number of benzene rings is 1. The Labute approximate surface area is 110 Å². The van der Waals surface area contributed by atoms with Crippen molar-refractivity contribution in [2.75, 3.05) is 0 Å². The van der Waals surface area contributed by atoms with Gasteiger partial charge in [-0.25, -0.2) is 9.59 Å². The number of rotatable bonds is 2. The maximum Gasteiger partial charge on any atom is 0.335 e. The van der Waals surface area contributed by atoms with E-state index < -0.39 is 18.2 Å². The van der Waals surface area contributed by atoms with E-state index in [9.17, 15) is 9.59 Å². The van der Waals surface area contributed by atoms with Crippen LogP contribution in [0, 0.1) is 5.41 Å². The summed E-state index contributed by atoms with van der Waals surface area (Å²) >= 11 is 0. The predicted molar refractivity (Wildman–Crippen MR) is 68.0 cm³/mol. The molecule has 0 saturated carbocycles. The quantitative estimate of drug-likeness (QED) is 0.604. The van der Waals surface area contributed by atoms with E-state index in [0.29, 0.717) is 0 Å². The Morgan fingerprint density at radius 1 is 1.00 bits per heavy atom. The summed E-state index contributed by atoms with van der Waals surface area (Å²) in [5.74, 6) is -2.25. The van der Waals surface area contributed by atoms with E-state index in [4.69, 9.17) is 20.4 Å². The minimum absolute atomic E-state index is 0.0186. The molecular weight excluding hydrogens is 252 g/mol. The van der Waals surface area contributed by atoms with E-state index in [2.05, 4.69) is 0 Å². The van der Waals surface area contributed by atoms with Crippen LogP contribution in [0.5, 0.6) is 0 Å². The average molecular weight is 270 g/mol. The van der Waals surface area contributed by atoms with E-state index in [-0.39, 0.29) is 16.5 Å². The fourth-order valence-electron chi connectivity index (χ4n) is 0.785. The molecule has 0 bridgehead atoms. The van der Waals surface area contributed by atoms with Crippen molar-refractivity contribution in [1.29, 1.82) is 0 Å². The second-order valence-corrected chi connectivity index (χ2v) is 4.93. The van der Waals surface area contributed by atoms with Crippen LogP contribution in [0.1, 0.15) is 41.5 Å². The largest absolute Gasteiger partial charge is 0.478 e. The summed E-state index contributed by atoms with van der Waals surface area (Å²) in [6, 6.07) is 5.20. The summed E-state index contributed by atoms with van der Waals surface area (Å²) in [5, 5.41) is 33.9. The SMILES string of the molecule is CC(C)(C)C(O)O.O=C(O)c1cccc(C(=O)O)c1. The lowest BCUT2D eigenvalue weighted by Crippen LogP contribution is -2.24. The topological polar surface area (TPSA) is 115 Å². The van der Waals surface area contributed by atoms with E-state index in [1.807, 2.05) is 0 Å². The van der Waals surface area contributed by atoms with Crippen LogP contribution in [0.3, 0.4) is 0 Å². The number of hydrogen-bond donors (Lipinski definition) is 4. The second-order valence-electron chi connectivity index (χ2n) is 4.93. The van der Waals surface area contributed by atoms with Crippen LogP contribution < -0.4 is 0 Å². The molecule has 0 amide bonds. The number of aliphatic hydroxyl groups is 2. The Morgan fingerprint density at radius 3 is 1.53 bits per heavy atom. The maximum absolute atomic E-state index is 10.4. The number of carbonyl (C=O) groups is 2. The molecule has 0 atom stereocenters. The van der Waals surface area contributed by atoms with Crippen LogP contribution in [0.25, 0.3) is 0 Å². The van der Waals surface area contributed by atoms with Gasteiger partial charge in [-0.05, 0) is 18.2 Å². The van der Waals surface area contributed by atoms with Gasteiger partial charge in [0.25, 0.3) is 0 Å². The maximum atomic E-state index is 10.4. The lowest BCUT2D eigenvalue weighted by atomic mass is 9.96. The van der Waals surface area contributed by atoms with Crippen molar-refractivity contribution in [3.63, 3.8) is 0 Å². The molecule has 0 unspecified atom stereocenters. The molecule has 6 heteroatoms. The molecule has 0 heterocycles. The van der Waals surface area contributed by atoms with Crippen LogP contribution in [-0.2, 0) is 0 Å². The molecule has 0 aliphatic heterocycles. The molecule has 4 N–H and O–H groups in total. The first-order chi connectivity index (χ1) is 8.55. The smallest absolute Gasteiger partial charge is 0.335 e. The summed E-state index contributed by atoms with van der Waals surface area (Å²) in [4.78, 5) is 20.8. The summed E-state index contributed by atoms with van der Waals surface area (Å²) in [7, 11) is 0. The van der Waals surface area contributed by atoms with Crippen molar-refractivity contribution in [3.8, 4) is 0 Å². The van der Waals surface area contributed by atoms with Crippen molar-refractivity contribution >= 4 is 11.9 Å². The van der Waals surface area contributed by atoms with Crippen molar-refractivity contribution < 1.29 is 30.0 Å². The van der Waals surface area contributed by atoms with Gasteiger partial charge in [0.1, 0.15) is 0 Å². The molecule has 1 aromatic rings. The Bertz CT molecular complexity index is 415. The Balaban J connectivity index is 0.000000399. The third-order valence-corrected chi connectivity index (χ3v) is 2.13. The lowest BCUT2D eigenvalue weighted by Gasteiger charge is -2.19. The van der Waals surface area contributed by atoms with Gasteiger partial charge in [-0.3, -0.25) is 0 Å². The summed E-state index contributed by atoms with van der Waals surface area (Å²) in [5.41, 5.74) is -0.426. The lowest BCUT2D eigenvalue weighted by molar-refractivity contribution is -0.113. The Hall–Kier alpha value is -1.92. The van der Waals surface area contributed by atoms with Crippen LogP contribution >= 0.6 is 0 Å². The highest BCUT2D eigenvalue weighted by atomic mass is 16.5. The Morgan fingerprint density at radius 2 is 1.32 bits per heavy atom. The zero-order valence-corrected chi connectivity index (χ0v) is 11.0. The van der Waals surface area contributed by atoms with Gasteiger partial charge in [0.15, 0.2) is 6.29 Å². The third kappa shape index (κ3) is 6.54. The van der Waals surface area contributed by atoms with Gasteiger partial charge in [0, 0.05) is 5.41 Å². The number of aliphatic hydroxyl groups excluding tert-OH is 1. The van der Waals surface area contributed by atoms with Gasteiger partial charge in [-0.2, -0.15) is 0 Å². The zero-order chi connectivity index (χ0) is 15.2. The van der Waals surface area contributed by atoms with Crippen LogP contribution in [0.2, 0.25) is 0 Å². The highest BCUT2D eigenvalue weighted by molar-refractivity contribution is 5.93. The summed E-state index contributed by atoms with van der Waals surface area (Å²) in [6.45, 7) is 5.28. The second kappa shape index (κ2) is 6.86. The Kier molecular flexibility index (Phi) is 6.17. The summed E-state index contributed by atoms with van der Waals surface area (Å²) < 4.78 is 0. The fourth-order valence-corrected chi connectivity index (χ4v) is 0.785. The number of carboxylic acid groups (broad SMARTS) is 2. The average Bonchev–Trinajstić information content (AvgIpc) is 2.28. The highest BCUT2D eigenvalue weighted by Gasteiger charge is 2.18. The van der Waals surface area contributed by atoms with Gasteiger partial charge in [-0.1, -0.05) is 26.8 Å². The van der Waals surface area contributed by atoms with Gasteiger partial charge in [0.2, 0.25) is 0 Å². The van der Waals surface area contributed by atoms with E-state index in [1.165, 1.54) is 18.2 Å². The van der Waals surface area contributed by atoms with E-state index >= 15 is 0 Å². The number of aromatic carboxylic acids is 2. The molecule has 1 rings (SSSR count). The minimum Gasteiger partial charge on any atom is -0.478 e. The molecule has 0 fully saturated rings. The first-order valence-electron chi connectivity index (χ1n) is 5.48. The molecule has 0 aliphatic carbocycles.